The molecule has 3 rings (SSSR count). The maximum atomic E-state index is 12.2. The third-order valence-electron chi connectivity index (χ3n) is 3.90. The van der Waals surface area contributed by atoms with Crippen LogP contribution in [0.25, 0.3) is 0 Å². The molecule has 0 saturated carbocycles. The van der Waals surface area contributed by atoms with Gasteiger partial charge in [0.15, 0.2) is 5.13 Å². The number of aryl methyl sites for hydroxylation is 2. The Bertz CT molecular complexity index is 446. The van der Waals surface area contributed by atoms with E-state index < -0.39 is 0 Å². The summed E-state index contributed by atoms with van der Waals surface area (Å²) in [5.41, 5.74) is 1.19. The van der Waals surface area contributed by atoms with E-state index in [4.69, 9.17) is 0 Å². The Labute approximate surface area is 117 Å². The Balaban J connectivity index is 1.60. The predicted octanol–water partition coefficient (Wildman–Crippen LogP) is 0.864. The quantitative estimate of drug-likeness (QED) is 0.862. The Kier molecular flexibility index (Phi) is 3.81. The van der Waals surface area contributed by atoms with Crippen LogP contribution in [0.4, 0.5) is 5.13 Å². The van der Waals surface area contributed by atoms with Crippen LogP contribution >= 0.6 is 11.3 Å². The number of hydrogen-bond acceptors (Lipinski definition) is 5. The Morgan fingerprint density at radius 3 is 2.95 bits per heavy atom. The highest BCUT2D eigenvalue weighted by Crippen LogP contribution is 2.30. The lowest BCUT2D eigenvalue weighted by molar-refractivity contribution is -0.120. The van der Waals surface area contributed by atoms with E-state index in [0.29, 0.717) is 0 Å². The van der Waals surface area contributed by atoms with Crippen molar-refractivity contribution in [1.82, 2.24) is 15.2 Å². The average Bonchev–Trinajstić information content (AvgIpc) is 2.99. The van der Waals surface area contributed by atoms with Gasteiger partial charge in [0.05, 0.1) is 11.7 Å². The van der Waals surface area contributed by atoms with Crippen molar-refractivity contribution in [3.8, 4) is 0 Å². The number of carbonyl (C=O) groups is 1. The number of anilines is 1. The molecule has 0 spiro atoms. The van der Waals surface area contributed by atoms with Gasteiger partial charge in [-0.05, 0) is 26.2 Å². The van der Waals surface area contributed by atoms with Crippen LogP contribution in [0.2, 0.25) is 0 Å². The van der Waals surface area contributed by atoms with E-state index in [1.54, 1.807) is 11.3 Å². The van der Waals surface area contributed by atoms with E-state index in [-0.39, 0.29) is 11.9 Å². The molecule has 1 saturated heterocycles. The van der Waals surface area contributed by atoms with Gasteiger partial charge in [-0.3, -0.25) is 9.69 Å². The van der Waals surface area contributed by atoms with Crippen LogP contribution in [-0.2, 0) is 17.6 Å². The summed E-state index contributed by atoms with van der Waals surface area (Å²) in [6.45, 7) is 5.76. The first-order valence-electron chi connectivity index (χ1n) is 6.98. The smallest absolute Gasteiger partial charge is 0.243 e. The zero-order chi connectivity index (χ0) is 13.2. The molecule has 1 aliphatic heterocycles. The molecule has 0 bridgehead atoms. The number of carbonyl (C=O) groups excluding carboxylic acids is 1. The summed E-state index contributed by atoms with van der Waals surface area (Å²) in [7, 11) is 0. The van der Waals surface area contributed by atoms with Crippen LogP contribution < -0.4 is 10.6 Å². The van der Waals surface area contributed by atoms with Crippen molar-refractivity contribution in [3.63, 3.8) is 0 Å². The molecule has 0 aromatic carbocycles. The average molecular weight is 280 g/mol. The topological polar surface area (TPSA) is 57.3 Å². The molecule has 1 fully saturated rings. The zero-order valence-corrected chi connectivity index (χ0v) is 12.1. The molecule has 2 N–H and O–H groups in total. The number of nitrogens with zero attached hydrogens (tertiary/aromatic N) is 2. The van der Waals surface area contributed by atoms with Crippen molar-refractivity contribution in [2.75, 3.05) is 31.5 Å². The molecule has 1 aromatic heterocycles. The molecule has 1 amide bonds. The molecule has 104 valence electrons. The van der Waals surface area contributed by atoms with Crippen LogP contribution in [-0.4, -0.2) is 48.0 Å². The van der Waals surface area contributed by atoms with Gasteiger partial charge >= 0.3 is 0 Å². The summed E-state index contributed by atoms with van der Waals surface area (Å²) < 4.78 is 0. The van der Waals surface area contributed by atoms with Crippen molar-refractivity contribution in [2.45, 2.75) is 32.2 Å². The molecule has 1 aromatic rings. The van der Waals surface area contributed by atoms with E-state index >= 15 is 0 Å². The van der Waals surface area contributed by atoms with Gasteiger partial charge in [-0.1, -0.05) is 0 Å². The van der Waals surface area contributed by atoms with Crippen LogP contribution in [0, 0.1) is 0 Å². The fourth-order valence-corrected chi connectivity index (χ4v) is 3.74. The number of fused-ring (bicyclic) bond motifs is 1. The molecular weight excluding hydrogens is 260 g/mol. The first-order valence-corrected chi connectivity index (χ1v) is 7.80. The van der Waals surface area contributed by atoms with Gasteiger partial charge in [0, 0.05) is 31.1 Å². The molecule has 19 heavy (non-hydrogen) atoms. The van der Waals surface area contributed by atoms with Gasteiger partial charge in [0.2, 0.25) is 5.91 Å². The third-order valence-corrected chi connectivity index (χ3v) is 4.98. The summed E-state index contributed by atoms with van der Waals surface area (Å²) in [6, 6.07) is -0.0826. The van der Waals surface area contributed by atoms with Crippen molar-refractivity contribution >= 4 is 22.4 Å². The minimum atomic E-state index is -0.0826. The van der Waals surface area contributed by atoms with Crippen molar-refractivity contribution in [2.24, 2.45) is 0 Å². The SMILES string of the molecule is CC(C(=O)Nc1nc2c(s1)CCC2)N1CCNCC1. The Hall–Kier alpha value is -0.980. The molecular formula is C13H20N4OS. The van der Waals surface area contributed by atoms with E-state index in [1.807, 2.05) is 6.92 Å². The number of thiazole rings is 1. The monoisotopic (exact) mass is 280 g/mol. The van der Waals surface area contributed by atoms with E-state index in [1.165, 1.54) is 17.0 Å². The minimum absolute atomic E-state index is 0.0642. The second-order valence-corrected chi connectivity index (χ2v) is 6.28. The van der Waals surface area contributed by atoms with E-state index in [9.17, 15) is 4.79 Å². The van der Waals surface area contributed by atoms with E-state index in [2.05, 4.69) is 20.5 Å². The molecule has 6 heteroatoms. The van der Waals surface area contributed by atoms with E-state index in [0.717, 1.165) is 44.2 Å². The standard InChI is InChI=1S/C13H20N4OS/c1-9(17-7-5-14-6-8-17)12(18)16-13-15-10-3-2-4-11(10)19-13/h9,14H,2-8H2,1H3,(H,15,16,18). The van der Waals surface area contributed by atoms with Gasteiger partial charge in [-0.2, -0.15) is 0 Å². The second kappa shape index (κ2) is 5.56. The molecule has 2 heterocycles. The lowest BCUT2D eigenvalue weighted by atomic mass is 10.2. The second-order valence-electron chi connectivity index (χ2n) is 5.19. The predicted molar refractivity (Wildman–Crippen MR) is 76.7 cm³/mol. The summed E-state index contributed by atoms with van der Waals surface area (Å²) in [6.07, 6.45) is 3.39. The largest absolute Gasteiger partial charge is 0.314 e. The third kappa shape index (κ3) is 2.80. The van der Waals surface area contributed by atoms with Crippen molar-refractivity contribution in [3.05, 3.63) is 10.6 Å². The van der Waals surface area contributed by atoms with Crippen molar-refractivity contribution in [1.29, 1.82) is 0 Å². The maximum absolute atomic E-state index is 12.2. The fourth-order valence-electron chi connectivity index (χ4n) is 2.69. The van der Waals surface area contributed by atoms with Crippen LogP contribution in [0.3, 0.4) is 0 Å². The maximum Gasteiger partial charge on any atom is 0.243 e. The number of amides is 1. The molecule has 2 aliphatic rings. The summed E-state index contributed by atoms with van der Waals surface area (Å²) in [5, 5.41) is 7.05. The zero-order valence-electron chi connectivity index (χ0n) is 11.2. The van der Waals surface area contributed by atoms with Gasteiger partial charge < -0.3 is 10.6 Å². The molecule has 0 radical (unpaired) electrons. The highest BCUT2D eigenvalue weighted by atomic mass is 32.1. The van der Waals surface area contributed by atoms with Gasteiger partial charge in [0.25, 0.3) is 0 Å². The number of piperazine rings is 1. The number of nitrogens with one attached hydrogen (secondary N) is 2. The number of rotatable bonds is 3. The summed E-state index contributed by atoms with van der Waals surface area (Å²) >= 11 is 1.64. The van der Waals surface area contributed by atoms with Crippen molar-refractivity contribution < 1.29 is 4.79 Å². The molecule has 1 unspecified atom stereocenters. The van der Waals surface area contributed by atoms with Gasteiger partial charge in [0.1, 0.15) is 0 Å². The first-order chi connectivity index (χ1) is 9.24. The van der Waals surface area contributed by atoms with Crippen LogP contribution in [0.1, 0.15) is 23.9 Å². The van der Waals surface area contributed by atoms with Gasteiger partial charge in [-0.15, -0.1) is 11.3 Å². The lowest BCUT2D eigenvalue weighted by Crippen LogP contribution is -2.51. The van der Waals surface area contributed by atoms with Crippen LogP contribution in [0.5, 0.6) is 0 Å². The number of hydrogen-bond donors (Lipinski definition) is 2. The summed E-state index contributed by atoms with van der Waals surface area (Å²) in [4.78, 5) is 20.3. The minimum Gasteiger partial charge on any atom is -0.314 e. The van der Waals surface area contributed by atoms with Crippen LogP contribution in [0.15, 0.2) is 0 Å². The molecule has 1 atom stereocenters. The highest BCUT2D eigenvalue weighted by Gasteiger charge is 2.24. The molecule has 5 nitrogen and oxygen atoms in total. The Morgan fingerprint density at radius 2 is 2.21 bits per heavy atom. The summed E-state index contributed by atoms with van der Waals surface area (Å²) in [5.74, 6) is 0.0642. The highest BCUT2D eigenvalue weighted by molar-refractivity contribution is 7.15. The lowest BCUT2D eigenvalue weighted by Gasteiger charge is -2.31. The first kappa shape index (κ1) is 13.0. The normalized spacial score (nSPS) is 21.1. The van der Waals surface area contributed by atoms with Gasteiger partial charge in [-0.25, -0.2) is 4.98 Å². The number of aromatic nitrogens is 1. The fraction of sp³-hybridized carbons (Fsp3) is 0.692. The molecule has 1 aliphatic carbocycles. The Morgan fingerprint density at radius 1 is 1.42 bits per heavy atom.